The second kappa shape index (κ2) is 7.79. The number of nitrogens with one attached hydrogen (secondary N) is 2. The van der Waals surface area contributed by atoms with Gasteiger partial charge in [0.05, 0.1) is 5.69 Å². The molecule has 0 aliphatic heterocycles. The van der Waals surface area contributed by atoms with Gasteiger partial charge in [-0.05, 0) is 42.8 Å². The summed E-state index contributed by atoms with van der Waals surface area (Å²) in [6.45, 7) is 2.64. The number of aryl methyl sites for hydroxylation is 1. The number of halogens is 1. The van der Waals surface area contributed by atoms with Crippen molar-refractivity contribution in [1.29, 1.82) is 0 Å². The van der Waals surface area contributed by atoms with Gasteiger partial charge in [0.15, 0.2) is 0 Å². The zero-order valence-electron chi connectivity index (χ0n) is 15.3. The molecule has 4 aromatic rings. The molecule has 140 valence electrons. The van der Waals surface area contributed by atoms with Crippen LogP contribution in [-0.4, -0.2) is 5.91 Å². The van der Waals surface area contributed by atoms with Crippen LogP contribution < -0.4 is 10.6 Å². The molecule has 0 bridgehead atoms. The van der Waals surface area contributed by atoms with Crippen LogP contribution in [0.5, 0.6) is 0 Å². The Balaban J connectivity index is 1.64. The Hall–Kier alpha value is -3.24. The first-order valence-electron chi connectivity index (χ1n) is 8.98. The normalized spacial score (nSPS) is 10.8. The van der Waals surface area contributed by atoms with Crippen LogP contribution in [0.25, 0.3) is 11.0 Å². The van der Waals surface area contributed by atoms with Crippen LogP contribution >= 0.6 is 11.6 Å². The van der Waals surface area contributed by atoms with Gasteiger partial charge in [0.2, 0.25) is 5.76 Å². The molecule has 5 heteroatoms. The van der Waals surface area contributed by atoms with E-state index in [1.165, 1.54) is 5.56 Å². The maximum Gasteiger partial charge on any atom is 0.293 e. The van der Waals surface area contributed by atoms with Gasteiger partial charge < -0.3 is 15.1 Å². The number of rotatable bonds is 5. The Morgan fingerprint density at radius 2 is 1.79 bits per heavy atom. The number of hydrogen-bond donors (Lipinski definition) is 2. The first kappa shape index (κ1) is 18.1. The number of hydrogen-bond acceptors (Lipinski definition) is 3. The number of anilines is 2. The summed E-state index contributed by atoms with van der Waals surface area (Å²) in [6.07, 6.45) is 0. The van der Waals surface area contributed by atoms with E-state index < -0.39 is 0 Å². The van der Waals surface area contributed by atoms with Crippen molar-refractivity contribution in [2.24, 2.45) is 0 Å². The molecule has 0 unspecified atom stereocenters. The third-order valence-corrected chi connectivity index (χ3v) is 4.71. The first-order valence-corrected chi connectivity index (χ1v) is 9.36. The van der Waals surface area contributed by atoms with Crippen molar-refractivity contribution in [3.63, 3.8) is 0 Å². The Morgan fingerprint density at radius 3 is 2.57 bits per heavy atom. The van der Waals surface area contributed by atoms with Gasteiger partial charge in [-0.3, -0.25) is 4.79 Å². The molecule has 3 aromatic carbocycles. The van der Waals surface area contributed by atoms with E-state index in [1.807, 2.05) is 24.3 Å². The van der Waals surface area contributed by atoms with Gasteiger partial charge >= 0.3 is 0 Å². The number of benzene rings is 3. The summed E-state index contributed by atoms with van der Waals surface area (Å²) in [4.78, 5) is 12.9. The summed E-state index contributed by atoms with van der Waals surface area (Å²) in [7, 11) is 0. The number of carbonyl (C=O) groups is 1. The van der Waals surface area contributed by atoms with Gasteiger partial charge in [-0.25, -0.2) is 0 Å². The molecule has 0 saturated heterocycles. The fourth-order valence-electron chi connectivity index (χ4n) is 3.03. The van der Waals surface area contributed by atoms with E-state index in [4.69, 9.17) is 16.0 Å². The zero-order valence-corrected chi connectivity index (χ0v) is 16.1. The zero-order chi connectivity index (χ0) is 19.5. The lowest BCUT2D eigenvalue weighted by molar-refractivity contribution is 0.0999. The van der Waals surface area contributed by atoms with Gasteiger partial charge in [-0.15, -0.1) is 0 Å². The Labute approximate surface area is 168 Å². The number of amides is 1. The van der Waals surface area contributed by atoms with Crippen LogP contribution in [0.2, 0.25) is 5.02 Å². The van der Waals surface area contributed by atoms with Crippen molar-refractivity contribution in [3.05, 3.63) is 94.7 Å². The van der Waals surface area contributed by atoms with Crippen molar-refractivity contribution in [2.45, 2.75) is 13.5 Å². The SMILES string of the molecule is Cc1ccc(CNc2c(C(=O)Nc3cccc(Cl)c3)oc3ccccc23)cc1. The monoisotopic (exact) mass is 390 g/mol. The molecule has 0 radical (unpaired) electrons. The van der Waals surface area contributed by atoms with Gasteiger partial charge in [0.1, 0.15) is 5.58 Å². The largest absolute Gasteiger partial charge is 0.449 e. The van der Waals surface area contributed by atoms with E-state index >= 15 is 0 Å². The average molecular weight is 391 g/mol. The molecule has 0 aliphatic rings. The maximum atomic E-state index is 12.9. The Morgan fingerprint density at radius 1 is 1.00 bits per heavy atom. The maximum absolute atomic E-state index is 12.9. The summed E-state index contributed by atoms with van der Waals surface area (Å²) in [5, 5.41) is 7.64. The Kier molecular flexibility index (Phi) is 5.04. The van der Waals surface area contributed by atoms with E-state index in [0.717, 1.165) is 10.9 Å². The summed E-state index contributed by atoms with van der Waals surface area (Å²) in [5.74, 6) is -0.0850. The molecule has 0 spiro atoms. The molecule has 28 heavy (non-hydrogen) atoms. The number of carbonyl (C=O) groups excluding carboxylic acids is 1. The molecule has 2 N–H and O–H groups in total. The molecule has 1 heterocycles. The van der Waals surface area contributed by atoms with Gasteiger partial charge in [0.25, 0.3) is 5.91 Å². The second-order valence-electron chi connectivity index (χ2n) is 6.61. The first-order chi connectivity index (χ1) is 13.6. The molecule has 4 rings (SSSR count). The second-order valence-corrected chi connectivity index (χ2v) is 7.04. The van der Waals surface area contributed by atoms with Gasteiger partial charge in [-0.2, -0.15) is 0 Å². The number of furan rings is 1. The van der Waals surface area contributed by atoms with Crippen molar-refractivity contribution in [1.82, 2.24) is 0 Å². The lowest BCUT2D eigenvalue weighted by Crippen LogP contribution is -2.13. The van der Waals surface area contributed by atoms with Crippen LogP contribution in [0.1, 0.15) is 21.7 Å². The van der Waals surface area contributed by atoms with E-state index in [2.05, 4.69) is 41.8 Å². The van der Waals surface area contributed by atoms with E-state index in [9.17, 15) is 4.79 Å². The smallest absolute Gasteiger partial charge is 0.293 e. The summed E-state index contributed by atoms with van der Waals surface area (Å²) in [6, 6.07) is 22.9. The molecule has 0 saturated carbocycles. The van der Waals surface area contributed by atoms with Crippen LogP contribution in [0.3, 0.4) is 0 Å². The number of para-hydroxylation sites is 1. The molecule has 1 amide bonds. The minimum Gasteiger partial charge on any atom is -0.449 e. The van der Waals surface area contributed by atoms with Crippen molar-refractivity contribution >= 4 is 39.9 Å². The average Bonchev–Trinajstić information content (AvgIpc) is 3.06. The van der Waals surface area contributed by atoms with Crippen LogP contribution in [0.15, 0.2) is 77.2 Å². The molecule has 4 nitrogen and oxygen atoms in total. The quantitative estimate of drug-likeness (QED) is 0.423. The molecule has 1 aromatic heterocycles. The van der Waals surface area contributed by atoms with Crippen molar-refractivity contribution in [3.8, 4) is 0 Å². The third kappa shape index (κ3) is 3.87. The van der Waals surface area contributed by atoms with E-state index in [-0.39, 0.29) is 11.7 Å². The highest BCUT2D eigenvalue weighted by atomic mass is 35.5. The summed E-state index contributed by atoms with van der Waals surface area (Å²) in [5.41, 5.74) is 4.28. The lowest BCUT2D eigenvalue weighted by atomic mass is 10.1. The lowest BCUT2D eigenvalue weighted by Gasteiger charge is -2.09. The minimum atomic E-state index is -0.329. The topological polar surface area (TPSA) is 54.3 Å². The molecular weight excluding hydrogens is 372 g/mol. The van der Waals surface area contributed by atoms with Crippen LogP contribution in [-0.2, 0) is 6.54 Å². The van der Waals surface area contributed by atoms with Gasteiger partial charge in [0, 0.05) is 22.6 Å². The number of fused-ring (bicyclic) bond motifs is 1. The highest BCUT2D eigenvalue weighted by Gasteiger charge is 2.20. The minimum absolute atomic E-state index is 0.244. The summed E-state index contributed by atoms with van der Waals surface area (Å²) < 4.78 is 5.86. The van der Waals surface area contributed by atoms with Crippen molar-refractivity contribution < 1.29 is 9.21 Å². The fraction of sp³-hybridized carbons (Fsp3) is 0.0870. The Bertz CT molecular complexity index is 1130. The highest BCUT2D eigenvalue weighted by Crippen LogP contribution is 2.32. The fourth-order valence-corrected chi connectivity index (χ4v) is 3.22. The molecule has 0 aliphatic carbocycles. The van der Waals surface area contributed by atoms with Gasteiger partial charge in [-0.1, -0.05) is 59.6 Å². The standard InChI is InChI=1S/C23H19ClN2O2/c1-15-9-11-16(12-10-15)14-25-21-19-7-2-3-8-20(19)28-22(21)23(27)26-18-6-4-5-17(24)13-18/h2-13,25H,14H2,1H3,(H,26,27). The molecular formula is C23H19ClN2O2. The van der Waals surface area contributed by atoms with E-state index in [1.54, 1.807) is 24.3 Å². The predicted octanol–water partition coefficient (Wildman–Crippen LogP) is 6.26. The van der Waals surface area contributed by atoms with Crippen molar-refractivity contribution in [2.75, 3.05) is 10.6 Å². The third-order valence-electron chi connectivity index (χ3n) is 4.47. The van der Waals surface area contributed by atoms with E-state index in [0.29, 0.717) is 28.5 Å². The molecule has 0 atom stereocenters. The highest BCUT2D eigenvalue weighted by molar-refractivity contribution is 6.31. The summed E-state index contributed by atoms with van der Waals surface area (Å²) >= 11 is 6.01. The van der Waals surface area contributed by atoms with Crippen LogP contribution in [0, 0.1) is 6.92 Å². The predicted molar refractivity (Wildman–Crippen MR) is 114 cm³/mol. The van der Waals surface area contributed by atoms with Crippen LogP contribution in [0.4, 0.5) is 11.4 Å². The molecule has 0 fully saturated rings.